The Morgan fingerprint density at radius 3 is 2.39 bits per heavy atom. The molecular weight excluding hydrogens is 220 g/mol. The van der Waals surface area contributed by atoms with Crippen LogP contribution in [0.3, 0.4) is 0 Å². The number of aryl methyl sites for hydroxylation is 1. The number of benzene rings is 1. The van der Waals surface area contributed by atoms with Crippen LogP contribution in [0, 0.1) is 6.92 Å². The molecule has 2 N–H and O–H groups in total. The predicted octanol–water partition coefficient (Wildman–Crippen LogP) is 3.51. The van der Waals surface area contributed by atoms with Crippen molar-refractivity contribution in [3.63, 3.8) is 0 Å². The molecule has 1 aromatic carbocycles. The molecule has 0 aromatic heterocycles. The van der Waals surface area contributed by atoms with E-state index < -0.39 is 0 Å². The minimum atomic E-state index is 0.188. The highest BCUT2D eigenvalue weighted by molar-refractivity contribution is 5.55. The smallest absolute Gasteiger partial charge is 0.0397 e. The van der Waals surface area contributed by atoms with Crippen molar-refractivity contribution in [1.82, 2.24) is 0 Å². The molecule has 0 spiro atoms. The summed E-state index contributed by atoms with van der Waals surface area (Å²) in [5.74, 6) is 0. The van der Waals surface area contributed by atoms with Crippen LogP contribution in [0.25, 0.3) is 0 Å². The third-order valence-corrected chi connectivity index (χ3v) is 3.95. The number of hydrogen-bond acceptors (Lipinski definition) is 2. The van der Waals surface area contributed by atoms with Crippen molar-refractivity contribution in [1.29, 1.82) is 0 Å². The standard InChI is InChI=1S/C16H28N2/c1-7-16(4,5)18(6)15-9-8-14(10-12(15)2)11-13(3)17/h8-10,13H,7,11,17H2,1-6H3. The summed E-state index contributed by atoms with van der Waals surface area (Å²) in [5, 5.41) is 0. The van der Waals surface area contributed by atoms with Crippen LogP contribution in [0.1, 0.15) is 45.2 Å². The third-order valence-electron chi connectivity index (χ3n) is 3.95. The molecule has 0 aliphatic carbocycles. The Balaban J connectivity index is 2.99. The molecule has 18 heavy (non-hydrogen) atoms. The lowest BCUT2D eigenvalue weighted by Crippen LogP contribution is -2.40. The average Bonchev–Trinajstić information content (AvgIpc) is 2.27. The maximum atomic E-state index is 5.85. The van der Waals surface area contributed by atoms with Gasteiger partial charge in [0.1, 0.15) is 0 Å². The van der Waals surface area contributed by atoms with E-state index in [2.05, 4.69) is 64.8 Å². The Bertz CT molecular complexity index is 394. The summed E-state index contributed by atoms with van der Waals surface area (Å²) in [7, 11) is 2.18. The van der Waals surface area contributed by atoms with Crippen LogP contribution in [0.15, 0.2) is 18.2 Å². The molecule has 0 aliphatic rings. The van der Waals surface area contributed by atoms with Gasteiger partial charge < -0.3 is 10.6 Å². The lowest BCUT2D eigenvalue weighted by Gasteiger charge is -2.38. The molecule has 0 saturated heterocycles. The second-order valence-corrected chi connectivity index (χ2v) is 6.03. The van der Waals surface area contributed by atoms with E-state index in [1.165, 1.54) is 16.8 Å². The van der Waals surface area contributed by atoms with Crippen molar-refractivity contribution in [2.24, 2.45) is 5.73 Å². The molecular formula is C16H28N2. The monoisotopic (exact) mass is 248 g/mol. The summed E-state index contributed by atoms with van der Waals surface area (Å²) in [6, 6.07) is 6.92. The zero-order valence-corrected chi connectivity index (χ0v) is 12.7. The van der Waals surface area contributed by atoms with Crippen LogP contribution in [0.5, 0.6) is 0 Å². The first-order chi connectivity index (χ1) is 8.27. The van der Waals surface area contributed by atoms with Crippen LogP contribution >= 0.6 is 0 Å². The lowest BCUT2D eigenvalue weighted by atomic mass is 9.97. The second-order valence-electron chi connectivity index (χ2n) is 6.03. The van der Waals surface area contributed by atoms with Crippen molar-refractivity contribution in [2.75, 3.05) is 11.9 Å². The van der Waals surface area contributed by atoms with Gasteiger partial charge in [0.05, 0.1) is 0 Å². The summed E-state index contributed by atoms with van der Waals surface area (Å²) < 4.78 is 0. The molecule has 0 heterocycles. The minimum absolute atomic E-state index is 0.188. The molecule has 1 rings (SSSR count). The van der Waals surface area contributed by atoms with Gasteiger partial charge in [-0.2, -0.15) is 0 Å². The van der Waals surface area contributed by atoms with Gasteiger partial charge in [-0.3, -0.25) is 0 Å². The molecule has 2 heteroatoms. The molecule has 102 valence electrons. The summed E-state index contributed by atoms with van der Waals surface area (Å²) in [4.78, 5) is 2.37. The normalized spacial score (nSPS) is 13.5. The van der Waals surface area contributed by atoms with Gasteiger partial charge in [0.25, 0.3) is 0 Å². The molecule has 0 radical (unpaired) electrons. The van der Waals surface area contributed by atoms with Gasteiger partial charge in [-0.05, 0) is 57.7 Å². The van der Waals surface area contributed by atoms with Gasteiger partial charge in [0, 0.05) is 24.3 Å². The summed E-state index contributed by atoms with van der Waals surface area (Å²) in [5.41, 5.74) is 10.0. The third kappa shape index (κ3) is 3.49. The second kappa shape index (κ2) is 5.75. The zero-order valence-electron chi connectivity index (χ0n) is 12.7. The van der Waals surface area contributed by atoms with Gasteiger partial charge in [-0.1, -0.05) is 19.1 Å². The predicted molar refractivity (Wildman–Crippen MR) is 81.3 cm³/mol. The van der Waals surface area contributed by atoms with Crippen molar-refractivity contribution in [3.05, 3.63) is 29.3 Å². The first-order valence-corrected chi connectivity index (χ1v) is 6.87. The van der Waals surface area contributed by atoms with E-state index >= 15 is 0 Å². The number of rotatable bonds is 5. The maximum Gasteiger partial charge on any atom is 0.0397 e. The van der Waals surface area contributed by atoms with E-state index in [0.29, 0.717) is 0 Å². The molecule has 0 bridgehead atoms. The molecule has 0 fully saturated rings. The quantitative estimate of drug-likeness (QED) is 0.864. The maximum absolute atomic E-state index is 5.85. The van der Waals surface area contributed by atoms with Gasteiger partial charge in [0.15, 0.2) is 0 Å². The number of nitrogens with two attached hydrogens (primary N) is 1. The summed E-state index contributed by atoms with van der Waals surface area (Å²) in [6.07, 6.45) is 2.08. The number of hydrogen-bond donors (Lipinski definition) is 1. The van der Waals surface area contributed by atoms with E-state index in [0.717, 1.165) is 12.8 Å². The number of nitrogens with zero attached hydrogens (tertiary/aromatic N) is 1. The highest BCUT2D eigenvalue weighted by Crippen LogP contribution is 2.28. The van der Waals surface area contributed by atoms with Gasteiger partial charge >= 0.3 is 0 Å². The first-order valence-electron chi connectivity index (χ1n) is 6.87. The van der Waals surface area contributed by atoms with E-state index in [-0.39, 0.29) is 11.6 Å². The minimum Gasteiger partial charge on any atom is -0.369 e. The largest absolute Gasteiger partial charge is 0.369 e. The van der Waals surface area contributed by atoms with Crippen molar-refractivity contribution in [2.45, 2.75) is 59.0 Å². The van der Waals surface area contributed by atoms with Crippen LogP contribution in [-0.4, -0.2) is 18.6 Å². The molecule has 1 aromatic rings. The molecule has 1 unspecified atom stereocenters. The van der Waals surface area contributed by atoms with Crippen LogP contribution in [-0.2, 0) is 6.42 Å². The summed E-state index contributed by atoms with van der Waals surface area (Å²) >= 11 is 0. The van der Waals surface area contributed by atoms with E-state index in [1.807, 2.05) is 0 Å². The van der Waals surface area contributed by atoms with Crippen molar-refractivity contribution in [3.8, 4) is 0 Å². The van der Waals surface area contributed by atoms with Crippen LogP contribution in [0.2, 0.25) is 0 Å². The fourth-order valence-electron chi connectivity index (χ4n) is 2.16. The highest BCUT2D eigenvalue weighted by Gasteiger charge is 2.22. The van der Waals surface area contributed by atoms with Crippen molar-refractivity contribution < 1.29 is 0 Å². The van der Waals surface area contributed by atoms with E-state index in [9.17, 15) is 0 Å². The van der Waals surface area contributed by atoms with Crippen LogP contribution in [0.4, 0.5) is 5.69 Å². The van der Waals surface area contributed by atoms with E-state index in [1.54, 1.807) is 0 Å². The zero-order chi connectivity index (χ0) is 13.9. The fraction of sp³-hybridized carbons (Fsp3) is 0.625. The topological polar surface area (TPSA) is 29.3 Å². The SMILES string of the molecule is CCC(C)(C)N(C)c1ccc(CC(C)N)cc1C. The van der Waals surface area contributed by atoms with E-state index in [4.69, 9.17) is 5.73 Å². The molecule has 2 nitrogen and oxygen atoms in total. The summed E-state index contributed by atoms with van der Waals surface area (Å²) in [6.45, 7) is 11.0. The van der Waals surface area contributed by atoms with Crippen molar-refractivity contribution >= 4 is 5.69 Å². The Labute approximate surface area is 112 Å². The molecule has 1 atom stereocenters. The number of anilines is 1. The molecule has 0 saturated carbocycles. The van der Waals surface area contributed by atoms with Gasteiger partial charge in [-0.25, -0.2) is 0 Å². The highest BCUT2D eigenvalue weighted by atomic mass is 15.2. The Hall–Kier alpha value is -1.02. The first kappa shape index (κ1) is 15.0. The lowest BCUT2D eigenvalue weighted by molar-refractivity contribution is 0.470. The fourth-order valence-corrected chi connectivity index (χ4v) is 2.16. The van der Waals surface area contributed by atoms with Gasteiger partial charge in [-0.15, -0.1) is 0 Å². The molecule has 0 amide bonds. The Morgan fingerprint density at radius 1 is 1.33 bits per heavy atom. The van der Waals surface area contributed by atoms with Gasteiger partial charge in [0.2, 0.25) is 0 Å². The molecule has 0 aliphatic heterocycles. The average molecular weight is 248 g/mol. The Kier molecular flexibility index (Phi) is 4.80. The van der Waals surface area contributed by atoms with Crippen LogP contribution < -0.4 is 10.6 Å². The Morgan fingerprint density at radius 2 is 1.94 bits per heavy atom.